The van der Waals surface area contributed by atoms with Crippen LogP contribution in [0.4, 0.5) is 5.69 Å². The summed E-state index contributed by atoms with van der Waals surface area (Å²) in [5, 5.41) is 3.75. The lowest BCUT2D eigenvalue weighted by Gasteiger charge is -2.27. The van der Waals surface area contributed by atoms with Crippen molar-refractivity contribution in [2.24, 2.45) is 5.73 Å². The van der Waals surface area contributed by atoms with Crippen molar-refractivity contribution in [3.8, 4) is 0 Å². The van der Waals surface area contributed by atoms with E-state index < -0.39 is 0 Å². The predicted molar refractivity (Wildman–Crippen MR) is 115 cm³/mol. The normalized spacial score (nSPS) is 17.2. The van der Waals surface area contributed by atoms with Crippen LogP contribution in [0.25, 0.3) is 0 Å². The minimum absolute atomic E-state index is 0.314. The van der Waals surface area contributed by atoms with E-state index in [4.69, 9.17) is 17.3 Å². The molecule has 1 atom stereocenters. The van der Waals surface area contributed by atoms with E-state index in [9.17, 15) is 4.79 Å². The molecule has 0 saturated heterocycles. The molecule has 0 aromatic heterocycles. The van der Waals surface area contributed by atoms with E-state index in [1.54, 1.807) is 0 Å². The molecule has 0 amide bonds. The fourth-order valence-electron chi connectivity index (χ4n) is 3.29. The Hall–Kier alpha value is -2.63. The van der Waals surface area contributed by atoms with E-state index in [0.29, 0.717) is 12.6 Å². The number of allylic oxidation sites excluding steroid dienone is 2. The summed E-state index contributed by atoms with van der Waals surface area (Å²) < 4.78 is 2.11. The number of halogens is 1. The number of aldehydes is 1. The third kappa shape index (κ3) is 5.00. The van der Waals surface area contributed by atoms with Gasteiger partial charge in [-0.15, -0.1) is 0 Å². The van der Waals surface area contributed by atoms with Crippen LogP contribution in [-0.4, -0.2) is 54.7 Å². The molecule has 0 bridgehead atoms. The van der Waals surface area contributed by atoms with Crippen molar-refractivity contribution in [3.63, 3.8) is 0 Å². The molecule has 2 aromatic rings. The number of rotatable bonds is 6. The molecule has 28 heavy (non-hydrogen) atoms. The lowest BCUT2D eigenvalue weighted by atomic mass is 10.1. The van der Waals surface area contributed by atoms with Gasteiger partial charge in [-0.1, -0.05) is 48.0 Å². The predicted octanol–water partition coefficient (Wildman–Crippen LogP) is 2.76. The van der Waals surface area contributed by atoms with Gasteiger partial charge in [-0.05, 0) is 30.2 Å². The summed E-state index contributed by atoms with van der Waals surface area (Å²) in [5.41, 5.74) is 9.97. The third-order valence-corrected chi connectivity index (χ3v) is 5.14. The monoisotopic (exact) mass is 397 g/mol. The second-order valence-electron chi connectivity index (χ2n) is 6.76. The number of carbonyl (C=O) groups is 1. The highest BCUT2D eigenvalue weighted by atomic mass is 35.5. The lowest BCUT2D eigenvalue weighted by Crippen LogP contribution is -2.44. The second kappa shape index (κ2) is 9.53. The highest BCUT2D eigenvalue weighted by Gasteiger charge is 2.45. The number of hydrogen-bond donors (Lipinski definition) is 2. The van der Waals surface area contributed by atoms with Crippen LogP contribution in [0.1, 0.15) is 5.56 Å². The number of carbonyl (C=O) groups excluding carboxylic acids is 1. The molecule has 0 aliphatic carbocycles. The van der Waals surface area contributed by atoms with Gasteiger partial charge in [-0.2, -0.15) is 4.58 Å². The van der Waals surface area contributed by atoms with Gasteiger partial charge < -0.3 is 16.0 Å². The van der Waals surface area contributed by atoms with E-state index in [2.05, 4.69) is 26.9 Å². The third-order valence-electron chi connectivity index (χ3n) is 4.91. The molecule has 3 N–H and O–H groups in total. The molecular formula is C22H26ClN4O+. The van der Waals surface area contributed by atoms with E-state index in [0.717, 1.165) is 47.9 Å². The Morgan fingerprint density at radius 2 is 2.04 bits per heavy atom. The largest absolute Gasteiger partial charge is 0.388 e. The first-order valence-electron chi connectivity index (χ1n) is 9.41. The summed E-state index contributed by atoms with van der Waals surface area (Å²) in [7, 11) is 1.87. The summed E-state index contributed by atoms with van der Waals surface area (Å²) >= 11 is 5.68. The molecule has 6 heteroatoms. The van der Waals surface area contributed by atoms with Crippen LogP contribution in [0.15, 0.2) is 66.0 Å². The summed E-state index contributed by atoms with van der Waals surface area (Å²) in [5.74, 6) is 0. The van der Waals surface area contributed by atoms with Crippen LogP contribution < -0.4 is 11.1 Å². The van der Waals surface area contributed by atoms with Crippen molar-refractivity contribution in [3.05, 3.63) is 76.6 Å². The fourth-order valence-corrected chi connectivity index (χ4v) is 3.48. The zero-order valence-corrected chi connectivity index (χ0v) is 16.8. The number of hydrogen-bond acceptors (Lipinski definition) is 4. The molecule has 2 aromatic carbocycles. The van der Waals surface area contributed by atoms with Crippen molar-refractivity contribution < 1.29 is 9.37 Å². The minimum Gasteiger partial charge on any atom is -0.388 e. The number of nitrogens with zero attached hydrogens (tertiary/aromatic N) is 2. The average molecular weight is 398 g/mol. The van der Waals surface area contributed by atoms with Gasteiger partial charge in [0.15, 0.2) is 18.0 Å². The van der Waals surface area contributed by atoms with Crippen molar-refractivity contribution in [1.29, 1.82) is 0 Å². The Kier molecular flexibility index (Phi) is 6.85. The van der Waals surface area contributed by atoms with Crippen LogP contribution in [-0.2, 0) is 11.2 Å². The first-order chi connectivity index (χ1) is 13.7. The fraction of sp³-hybridized carbons (Fsp3) is 0.273. The molecule has 146 valence electrons. The van der Waals surface area contributed by atoms with Gasteiger partial charge in [-0.25, -0.2) is 0 Å². The van der Waals surface area contributed by atoms with Gasteiger partial charge in [0, 0.05) is 24.3 Å². The minimum atomic E-state index is 0.314. The maximum atomic E-state index is 11.2. The highest BCUT2D eigenvalue weighted by molar-refractivity contribution is 6.30. The van der Waals surface area contributed by atoms with Crippen LogP contribution in [0.3, 0.4) is 0 Å². The Balaban J connectivity index is 0.000000211. The molecule has 0 saturated carbocycles. The molecule has 0 fully saturated rings. The smallest absolute Gasteiger partial charge is 0.296 e. The zero-order chi connectivity index (χ0) is 19.9. The first kappa shape index (κ1) is 20.1. The summed E-state index contributed by atoms with van der Waals surface area (Å²) in [6, 6.07) is 18.3. The lowest BCUT2D eigenvalue weighted by molar-refractivity contribution is -0.456. The first-order valence-corrected chi connectivity index (χ1v) is 9.79. The van der Waals surface area contributed by atoms with Gasteiger partial charge in [0.05, 0.1) is 13.1 Å². The number of anilines is 1. The molecule has 0 spiro atoms. The van der Waals surface area contributed by atoms with Gasteiger partial charge in [-0.3, -0.25) is 4.79 Å². The molecule has 4 rings (SSSR count). The Morgan fingerprint density at radius 1 is 1.25 bits per heavy atom. The van der Waals surface area contributed by atoms with Crippen molar-refractivity contribution in [1.82, 2.24) is 4.90 Å². The second-order valence-corrected chi connectivity index (χ2v) is 7.19. The van der Waals surface area contributed by atoms with E-state index in [1.807, 2.05) is 55.7 Å². The van der Waals surface area contributed by atoms with Crippen molar-refractivity contribution in [2.45, 2.75) is 12.5 Å². The Bertz CT molecular complexity index is 879. The summed E-state index contributed by atoms with van der Waals surface area (Å²) in [6.07, 6.45) is 3.93. The highest BCUT2D eigenvalue weighted by Crippen LogP contribution is 2.25. The Morgan fingerprint density at radius 3 is 2.64 bits per heavy atom. The molecular weight excluding hydrogens is 372 g/mol. The number of nitrogens with two attached hydrogens (primary N) is 1. The number of nitrogens with one attached hydrogen (secondary N) is 1. The molecule has 2 heterocycles. The topological polar surface area (TPSA) is 61.4 Å². The van der Waals surface area contributed by atoms with E-state index >= 15 is 0 Å². The Labute approximate surface area is 171 Å². The maximum Gasteiger partial charge on any atom is 0.296 e. The van der Waals surface area contributed by atoms with Crippen LogP contribution in [0.2, 0.25) is 5.02 Å². The molecule has 1 unspecified atom stereocenters. The quantitative estimate of drug-likeness (QED) is 0.581. The van der Waals surface area contributed by atoms with E-state index in [-0.39, 0.29) is 0 Å². The van der Waals surface area contributed by atoms with Gasteiger partial charge in [0.2, 0.25) is 6.21 Å². The maximum absolute atomic E-state index is 11.2. The zero-order valence-electron chi connectivity index (χ0n) is 16.0. The van der Waals surface area contributed by atoms with Crippen molar-refractivity contribution >= 4 is 29.8 Å². The summed E-state index contributed by atoms with van der Waals surface area (Å²) in [6.45, 7) is 2.31. The molecule has 2 aliphatic rings. The van der Waals surface area contributed by atoms with Gasteiger partial charge in [0.1, 0.15) is 0 Å². The SMILES string of the molecule is CNc1cccc(Cl)c1.NCC1CN(CCc2ccccc2)C(C=O)=C2C=[N+]21. The van der Waals surface area contributed by atoms with Gasteiger partial charge in [0.25, 0.3) is 5.70 Å². The average Bonchev–Trinajstić information content (AvgIpc) is 3.53. The molecule has 2 aliphatic heterocycles. The molecule has 0 radical (unpaired) electrons. The van der Waals surface area contributed by atoms with Crippen LogP contribution in [0, 0.1) is 0 Å². The number of fused-ring (bicyclic) bond motifs is 1. The summed E-state index contributed by atoms with van der Waals surface area (Å²) in [4.78, 5) is 13.4. The van der Waals surface area contributed by atoms with E-state index in [1.165, 1.54) is 5.56 Å². The standard InChI is InChI=1S/C15H18N3O.C7H8ClN/c16-8-13-9-17(15(11-19)14-10-18(13)14)7-6-12-4-2-1-3-5-12;1-9-7-4-2-3-6(8)5-7/h1-5,10-11,13H,6-9,16H2;2-5,9H,1H3/q+1;. The number of benzene rings is 2. The van der Waals surface area contributed by atoms with Gasteiger partial charge >= 0.3 is 0 Å². The molecule has 5 nitrogen and oxygen atoms in total. The van der Waals surface area contributed by atoms with Crippen LogP contribution in [0.5, 0.6) is 0 Å². The van der Waals surface area contributed by atoms with Crippen LogP contribution >= 0.6 is 11.6 Å². The van der Waals surface area contributed by atoms with Crippen molar-refractivity contribution in [2.75, 3.05) is 32.0 Å².